The molecule has 0 aliphatic rings. The Kier molecular flexibility index (Phi) is 6.36. The number of carbonyl (C=O) groups excluding carboxylic acids is 1. The minimum Gasteiger partial charge on any atom is -0.389 e. The molecule has 184 valence electrons. The lowest BCUT2D eigenvalue weighted by atomic mass is 10.0. The smallest absolute Gasteiger partial charge is 0.389 e. The Morgan fingerprint density at radius 3 is 2.40 bits per heavy atom. The first kappa shape index (κ1) is 24.7. The zero-order valence-corrected chi connectivity index (χ0v) is 20.2. The fourth-order valence-corrected chi connectivity index (χ4v) is 4.32. The van der Waals surface area contributed by atoms with Crippen LogP contribution < -0.4 is 5.32 Å². The van der Waals surface area contributed by atoms with E-state index in [2.05, 4.69) is 25.4 Å². The first-order valence-electron chi connectivity index (χ1n) is 10.7. The van der Waals surface area contributed by atoms with Crippen molar-refractivity contribution in [1.29, 1.82) is 0 Å². The van der Waals surface area contributed by atoms with Crippen LogP contribution in [-0.4, -0.2) is 41.3 Å². The van der Waals surface area contributed by atoms with E-state index in [4.69, 9.17) is 0 Å². The number of nitrogens with one attached hydrogen (secondary N) is 1. The summed E-state index contributed by atoms with van der Waals surface area (Å²) < 4.78 is 39.9. The van der Waals surface area contributed by atoms with Crippen molar-refractivity contribution in [2.24, 2.45) is 0 Å². The highest BCUT2D eigenvalue weighted by Crippen LogP contribution is 2.33. The van der Waals surface area contributed by atoms with Gasteiger partial charge < -0.3 is 10.4 Å². The van der Waals surface area contributed by atoms with Crippen molar-refractivity contribution < 1.29 is 23.1 Å². The summed E-state index contributed by atoms with van der Waals surface area (Å²) in [6.45, 7) is 7.09. The van der Waals surface area contributed by atoms with E-state index >= 15 is 0 Å². The van der Waals surface area contributed by atoms with Gasteiger partial charge in [-0.1, -0.05) is 0 Å². The van der Waals surface area contributed by atoms with Gasteiger partial charge in [0.15, 0.2) is 0 Å². The number of aliphatic hydroxyl groups is 1. The number of benzene rings is 1. The number of thiazole rings is 1. The summed E-state index contributed by atoms with van der Waals surface area (Å²) in [6, 6.07) is 2.73. The first-order chi connectivity index (χ1) is 16.3. The molecule has 4 aromatic rings. The molecule has 3 heterocycles. The number of fused-ring (bicyclic) bond motifs is 1. The number of rotatable bonds is 6. The molecule has 8 nitrogen and oxygen atoms in total. The molecule has 0 radical (unpaired) electrons. The lowest BCUT2D eigenvalue weighted by molar-refractivity contribution is -0.145. The van der Waals surface area contributed by atoms with Gasteiger partial charge in [0.25, 0.3) is 5.91 Å². The van der Waals surface area contributed by atoms with Gasteiger partial charge in [0.05, 0.1) is 29.9 Å². The fraction of sp³-hybridized carbons (Fsp3) is 0.348. The highest BCUT2D eigenvalue weighted by atomic mass is 32.1. The van der Waals surface area contributed by atoms with Crippen molar-refractivity contribution in [2.75, 3.05) is 0 Å². The minimum atomic E-state index is -4.64. The second kappa shape index (κ2) is 9.00. The van der Waals surface area contributed by atoms with Gasteiger partial charge in [0.2, 0.25) is 5.82 Å². The molecule has 0 aliphatic heterocycles. The molecule has 0 saturated carbocycles. The Morgan fingerprint density at radius 2 is 1.83 bits per heavy atom. The molecule has 0 spiro atoms. The van der Waals surface area contributed by atoms with Gasteiger partial charge in [0.1, 0.15) is 5.01 Å². The summed E-state index contributed by atoms with van der Waals surface area (Å²) >= 11 is 1.47. The third kappa shape index (κ3) is 5.49. The average molecular weight is 505 g/mol. The van der Waals surface area contributed by atoms with Crippen molar-refractivity contribution in [3.63, 3.8) is 0 Å². The Morgan fingerprint density at radius 1 is 1.14 bits per heavy atom. The maximum Gasteiger partial charge on any atom is 0.451 e. The van der Waals surface area contributed by atoms with Crippen LogP contribution in [0.2, 0.25) is 0 Å². The quantitative estimate of drug-likeness (QED) is 0.399. The molecule has 0 bridgehead atoms. The Hall–Kier alpha value is -3.38. The molecule has 4 rings (SSSR count). The number of halogens is 3. The summed E-state index contributed by atoms with van der Waals surface area (Å²) in [4.78, 5) is 25.3. The lowest BCUT2D eigenvalue weighted by Gasteiger charge is -2.18. The van der Waals surface area contributed by atoms with E-state index in [1.165, 1.54) is 11.3 Å². The molecule has 0 saturated heterocycles. The van der Waals surface area contributed by atoms with Gasteiger partial charge in [-0.3, -0.25) is 9.48 Å². The van der Waals surface area contributed by atoms with Crippen LogP contribution in [0.1, 0.15) is 53.4 Å². The third-order valence-electron chi connectivity index (χ3n) is 5.19. The summed E-state index contributed by atoms with van der Waals surface area (Å²) in [5.41, 5.74) is 0.978. The van der Waals surface area contributed by atoms with E-state index in [0.29, 0.717) is 21.7 Å². The summed E-state index contributed by atoms with van der Waals surface area (Å²) in [7, 11) is 0. The number of aryl methyl sites for hydroxylation is 1. The van der Waals surface area contributed by atoms with E-state index in [0.717, 1.165) is 28.2 Å². The Balaban J connectivity index is 1.69. The highest BCUT2D eigenvalue weighted by Gasteiger charge is 2.34. The van der Waals surface area contributed by atoms with E-state index in [1.807, 2.05) is 6.92 Å². The van der Waals surface area contributed by atoms with Crippen molar-refractivity contribution in [1.82, 2.24) is 30.0 Å². The largest absolute Gasteiger partial charge is 0.451 e. The van der Waals surface area contributed by atoms with Crippen LogP contribution in [0.4, 0.5) is 13.2 Å². The molecule has 2 N–H and O–H groups in total. The predicted octanol–water partition coefficient (Wildman–Crippen LogP) is 4.54. The van der Waals surface area contributed by atoms with E-state index < -0.39 is 29.6 Å². The van der Waals surface area contributed by atoms with E-state index in [-0.39, 0.29) is 6.54 Å². The third-order valence-corrected chi connectivity index (χ3v) is 6.13. The zero-order chi connectivity index (χ0) is 25.5. The normalized spacial score (nSPS) is 13.3. The topological polar surface area (TPSA) is 106 Å². The van der Waals surface area contributed by atoms with E-state index in [9.17, 15) is 23.1 Å². The monoisotopic (exact) mass is 504 g/mol. The number of carbonyl (C=O) groups is 1. The van der Waals surface area contributed by atoms with Crippen LogP contribution in [0.25, 0.3) is 21.5 Å². The molecule has 0 aliphatic carbocycles. The van der Waals surface area contributed by atoms with Gasteiger partial charge in [-0.2, -0.15) is 18.3 Å². The Bertz CT molecular complexity index is 1370. The second-order valence-electron chi connectivity index (χ2n) is 8.88. The first-order valence-corrected chi connectivity index (χ1v) is 11.5. The van der Waals surface area contributed by atoms with Crippen LogP contribution in [0.15, 0.2) is 36.9 Å². The number of alkyl halides is 3. The van der Waals surface area contributed by atoms with Gasteiger partial charge >= 0.3 is 6.18 Å². The van der Waals surface area contributed by atoms with Gasteiger partial charge in [0, 0.05) is 45.5 Å². The van der Waals surface area contributed by atoms with Crippen LogP contribution in [0.5, 0.6) is 0 Å². The Labute approximate surface area is 202 Å². The number of hydrogen-bond donors (Lipinski definition) is 2. The average Bonchev–Trinajstić information content (AvgIpc) is 3.37. The minimum absolute atomic E-state index is 0.206. The lowest BCUT2D eigenvalue weighted by Crippen LogP contribution is -2.28. The SMILES string of the molecule is Cc1cnc(-c2cc(C(=O)N[C@H](C)c3cnc(C(F)(F)F)nc3)cc3c2cnn3CC(C)(C)O)s1. The van der Waals surface area contributed by atoms with Crippen LogP contribution in [0, 0.1) is 6.92 Å². The number of hydrogen-bond acceptors (Lipinski definition) is 7. The second-order valence-corrected chi connectivity index (χ2v) is 10.1. The summed E-state index contributed by atoms with van der Waals surface area (Å²) in [5, 5.41) is 19.0. The van der Waals surface area contributed by atoms with Crippen LogP contribution in [-0.2, 0) is 12.7 Å². The predicted molar refractivity (Wildman–Crippen MR) is 125 cm³/mol. The van der Waals surface area contributed by atoms with Crippen LogP contribution in [0.3, 0.4) is 0 Å². The standard InChI is InChI=1S/C23H23F3N6O2S/c1-12-7-27-20(35-12)16-5-14(6-18-17(16)10-30-32(18)11-22(3,4)34)19(33)31-13(2)15-8-28-21(29-9-15)23(24,25)26/h5-10,13,34H,11H2,1-4H3,(H,31,33)/t13-/m1/s1. The molecule has 12 heteroatoms. The van der Waals surface area contributed by atoms with E-state index in [1.54, 1.807) is 50.0 Å². The molecular weight excluding hydrogens is 481 g/mol. The molecule has 1 amide bonds. The zero-order valence-electron chi connectivity index (χ0n) is 19.4. The van der Waals surface area contributed by atoms with Crippen molar-refractivity contribution >= 4 is 28.1 Å². The molecule has 0 unspecified atom stereocenters. The van der Waals surface area contributed by atoms with Gasteiger partial charge in [-0.25, -0.2) is 15.0 Å². The van der Waals surface area contributed by atoms with Crippen molar-refractivity contribution in [3.05, 3.63) is 58.7 Å². The number of aromatic nitrogens is 5. The number of amides is 1. The molecule has 1 aromatic carbocycles. The van der Waals surface area contributed by atoms with Gasteiger partial charge in [-0.15, -0.1) is 11.3 Å². The van der Waals surface area contributed by atoms with Crippen molar-refractivity contribution in [3.8, 4) is 10.6 Å². The molecule has 35 heavy (non-hydrogen) atoms. The molecular formula is C23H23F3N6O2S. The molecule has 3 aromatic heterocycles. The fourth-order valence-electron chi connectivity index (χ4n) is 3.53. The maximum absolute atomic E-state index is 13.2. The van der Waals surface area contributed by atoms with Crippen LogP contribution >= 0.6 is 11.3 Å². The summed E-state index contributed by atoms with van der Waals surface area (Å²) in [6.07, 6.45) is 0.874. The summed E-state index contributed by atoms with van der Waals surface area (Å²) in [5.74, 6) is -1.68. The molecule has 1 atom stereocenters. The van der Waals surface area contributed by atoms with Gasteiger partial charge in [-0.05, 0) is 39.8 Å². The van der Waals surface area contributed by atoms with Crippen molar-refractivity contribution in [2.45, 2.75) is 52.1 Å². The number of nitrogens with zero attached hydrogens (tertiary/aromatic N) is 5. The maximum atomic E-state index is 13.2. The highest BCUT2D eigenvalue weighted by molar-refractivity contribution is 7.15. The molecule has 0 fully saturated rings.